The van der Waals surface area contributed by atoms with E-state index in [0.717, 1.165) is 55.0 Å². The lowest BCUT2D eigenvalue weighted by atomic mass is 10.1. The predicted octanol–water partition coefficient (Wildman–Crippen LogP) is 2.51. The number of aliphatic imine (C=N–C) groups is 1. The van der Waals surface area contributed by atoms with E-state index in [9.17, 15) is 0 Å². The SMILES string of the molecule is CN=C(NCC(c1ccc(Cl)cc1)n1cccn1)N1CCN(Cc2ccon2)CC1. The van der Waals surface area contributed by atoms with Crippen molar-refractivity contribution in [1.29, 1.82) is 0 Å². The van der Waals surface area contributed by atoms with E-state index in [1.54, 1.807) is 12.5 Å². The summed E-state index contributed by atoms with van der Waals surface area (Å²) in [7, 11) is 1.83. The fraction of sp³-hybridized carbons (Fsp3) is 0.381. The van der Waals surface area contributed by atoms with Crippen molar-refractivity contribution in [3.8, 4) is 0 Å². The van der Waals surface area contributed by atoms with Crippen molar-refractivity contribution in [3.05, 3.63) is 71.3 Å². The lowest BCUT2D eigenvalue weighted by Gasteiger charge is -2.36. The van der Waals surface area contributed by atoms with E-state index in [1.807, 2.05) is 54.3 Å². The van der Waals surface area contributed by atoms with Crippen LogP contribution in [0.5, 0.6) is 0 Å². The van der Waals surface area contributed by atoms with E-state index in [-0.39, 0.29) is 6.04 Å². The topological polar surface area (TPSA) is 74.7 Å². The Kier molecular flexibility index (Phi) is 6.66. The van der Waals surface area contributed by atoms with Crippen LogP contribution in [0.25, 0.3) is 0 Å². The van der Waals surface area contributed by atoms with E-state index in [0.29, 0.717) is 6.54 Å². The Bertz CT molecular complexity index is 917. The largest absolute Gasteiger partial charge is 0.364 e. The number of rotatable bonds is 6. The van der Waals surface area contributed by atoms with Gasteiger partial charge in [-0.1, -0.05) is 28.9 Å². The van der Waals surface area contributed by atoms with Gasteiger partial charge in [-0.15, -0.1) is 0 Å². The number of nitrogens with one attached hydrogen (secondary N) is 1. The Morgan fingerprint density at radius 3 is 2.63 bits per heavy atom. The van der Waals surface area contributed by atoms with Gasteiger partial charge >= 0.3 is 0 Å². The summed E-state index contributed by atoms with van der Waals surface area (Å²) in [4.78, 5) is 9.18. The number of guanidine groups is 1. The van der Waals surface area contributed by atoms with Crippen LogP contribution < -0.4 is 5.32 Å². The number of hydrogen-bond donors (Lipinski definition) is 1. The number of benzene rings is 1. The number of halogens is 1. The first-order valence-corrected chi connectivity index (χ1v) is 10.4. The quantitative estimate of drug-likeness (QED) is 0.481. The number of hydrogen-bond acceptors (Lipinski definition) is 5. The third-order valence-electron chi connectivity index (χ3n) is 5.31. The zero-order valence-electron chi connectivity index (χ0n) is 17.0. The van der Waals surface area contributed by atoms with Crippen LogP contribution in [-0.2, 0) is 6.54 Å². The highest BCUT2D eigenvalue weighted by molar-refractivity contribution is 6.30. The van der Waals surface area contributed by atoms with Crippen molar-refractivity contribution in [3.63, 3.8) is 0 Å². The number of nitrogens with zero attached hydrogens (tertiary/aromatic N) is 6. The molecule has 0 bridgehead atoms. The van der Waals surface area contributed by atoms with Crippen molar-refractivity contribution in [2.45, 2.75) is 12.6 Å². The maximum absolute atomic E-state index is 6.07. The summed E-state index contributed by atoms with van der Waals surface area (Å²) in [5.74, 6) is 0.905. The van der Waals surface area contributed by atoms with Crippen LogP contribution >= 0.6 is 11.6 Å². The molecule has 1 aliphatic heterocycles. The van der Waals surface area contributed by atoms with Gasteiger partial charge in [-0.3, -0.25) is 14.6 Å². The molecule has 1 aromatic carbocycles. The van der Waals surface area contributed by atoms with Crippen molar-refractivity contribution in [2.75, 3.05) is 39.8 Å². The first-order valence-electron chi connectivity index (χ1n) is 10.0. The minimum absolute atomic E-state index is 0.0440. The van der Waals surface area contributed by atoms with Crippen molar-refractivity contribution >= 4 is 17.6 Å². The van der Waals surface area contributed by atoms with Gasteiger partial charge in [-0.05, 0) is 23.8 Å². The fourth-order valence-electron chi connectivity index (χ4n) is 3.70. The molecule has 0 amide bonds. The molecular weight excluding hydrogens is 402 g/mol. The molecule has 1 saturated heterocycles. The summed E-state index contributed by atoms with van der Waals surface area (Å²) in [5, 5.41) is 12.7. The molecule has 1 atom stereocenters. The smallest absolute Gasteiger partial charge is 0.193 e. The second-order valence-corrected chi connectivity index (χ2v) is 7.67. The minimum atomic E-state index is 0.0440. The van der Waals surface area contributed by atoms with Gasteiger partial charge in [-0.2, -0.15) is 5.10 Å². The van der Waals surface area contributed by atoms with Crippen LogP contribution in [-0.4, -0.2) is 70.5 Å². The molecule has 0 spiro atoms. The Labute approximate surface area is 181 Å². The molecule has 8 nitrogen and oxygen atoms in total. The molecule has 4 rings (SSSR count). The fourth-order valence-corrected chi connectivity index (χ4v) is 3.83. The Balaban J connectivity index is 1.36. The normalized spacial score (nSPS) is 16.6. The molecule has 0 radical (unpaired) electrons. The second-order valence-electron chi connectivity index (χ2n) is 7.24. The van der Waals surface area contributed by atoms with Gasteiger partial charge in [-0.25, -0.2) is 0 Å². The van der Waals surface area contributed by atoms with E-state index in [1.165, 1.54) is 0 Å². The van der Waals surface area contributed by atoms with E-state index >= 15 is 0 Å². The van der Waals surface area contributed by atoms with Gasteiger partial charge in [0.15, 0.2) is 5.96 Å². The highest BCUT2D eigenvalue weighted by Crippen LogP contribution is 2.19. The van der Waals surface area contributed by atoms with Gasteiger partial charge in [0.2, 0.25) is 0 Å². The summed E-state index contributed by atoms with van der Waals surface area (Å²) < 4.78 is 6.89. The zero-order valence-corrected chi connectivity index (χ0v) is 17.7. The van der Waals surface area contributed by atoms with Crippen LogP contribution in [0.1, 0.15) is 17.3 Å². The summed E-state index contributed by atoms with van der Waals surface area (Å²) in [5.41, 5.74) is 2.11. The van der Waals surface area contributed by atoms with E-state index in [4.69, 9.17) is 16.1 Å². The van der Waals surface area contributed by atoms with Crippen LogP contribution in [0.2, 0.25) is 5.02 Å². The average molecular weight is 428 g/mol. The third kappa shape index (κ3) is 5.01. The molecule has 9 heteroatoms. The predicted molar refractivity (Wildman–Crippen MR) is 117 cm³/mol. The molecule has 158 valence electrons. The molecule has 0 saturated carbocycles. The average Bonchev–Trinajstić information content (AvgIpc) is 3.48. The molecule has 1 aliphatic rings. The first-order chi connectivity index (χ1) is 14.7. The maximum Gasteiger partial charge on any atom is 0.193 e. The summed E-state index contributed by atoms with van der Waals surface area (Å²) in [6.45, 7) is 5.21. The van der Waals surface area contributed by atoms with Crippen LogP contribution in [0, 0.1) is 0 Å². The van der Waals surface area contributed by atoms with Gasteiger partial charge in [0.25, 0.3) is 0 Å². The zero-order chi connectivity index (χ0) is 20.8. The highest BCUT2D eigenvalue weighted by atomic mass is 35.5. The van der Waals surface area contributed by atoms with Crippen LogP contribution in [0.4, 0.5) is 0 Å². The molecule has 1 N–H and O–H groups in total. The van der Waals surface area contributed by atoms with Crippen LogP contribution in [0.15, 0.2) is 64.6 Å². The number of aromatic nitrogens is 3. The monoisotopic (exact) mass is 427 g/mol. The van der Waals surface area contributed by atoms with Gasteiger partial charge in [0.1, 0.15) is 6.26 Å². The van der Waals surface area contributed by atoms with Crippen molar-refractivity contribution < 1.29 is 4.52 Å². The molecule has 3 aromatic rings. The number of piperazine rings is 1. The second kappa shape index (κ2) is 9.77. The Morgan fingerprint density at radius 1 is 1.20 bits per heavy atom. The van der Waals surface area contributed by atoms with Crippen LogP contribution in [0.3, 0.4) is 0 Å². The Hall–Kier alpha value is -2.84. The molecule has 30 heavy (non-hydrogen) atoms. The summed E-state index contributed by atoms with van der Waals surface area (Å²) in [6, 6.07) is 11.8. The summed E-state index contributed by atoms with van der Waals surface area (Å²) >= 11 is 6.07. The highest BCUT2D eigenvalue weighted by Gasteiger charge is 2.22. The molecule has 1 fully saturated rings. The lowest BCUT2D eigenvalue weighted by Crippen LogP contribution is -2.52. The van der Waals surface area contributed by atoms with E-state index in [2.05, 4.69) is 30.4 Å². The molecule has 3 heterocycles. The van der Waals surface area contributed by atoms with Gasteiger partial charge in [0, 0.05) is 69.8 Å². The molecule has 2 aromatic heterocycles. The maximum atomic E-state index is 6.07. The molecular formula is C21H26ClN7O. The van der Waals surface area contributed by atoms with Gasteiger partial charge in [0.05, 0.1) is 11.7 Å². The Morgan fingerprint density at radius 2 is 2.00 bits per heavy atom. The third-order valence-corrected chi connectivity index (χ3v) is 5.56. The summed E-state index contributed by atoms with van der Waals surface area (Å²) in [6.07, 6.45) is 5.40. The molecule has 1 unspecified atom stereocenters. The van der Waals surface area contributed by atoms with Gasteiger partial charge < -0.3 is 14.7 Å². The van der Waals surface area contributed by atoms with Crippen molar-refractivity contribution in [1.82, 2.24) is 30.1 Å². The van der Waals surface area contributed by atoms with Crippen molar-refractivity contribution in [2.24, 2.45) is 4.99 Å². The van der Waals surface area contributed by atoms with E-state index < -0.39 is 0 Å². The molecule has 0 aliphatic carbocycles. The minimum Gasteiger partial charge on any atom is -0.364 e. The standard InChI is InChI=1S/C21H26ClN7O/c1-23-21(28-12-10-27(11-13-28)16-19-7-14-30-26-19)24-15-20(29-9-2-8-25-29)17-3-5-18(22)6-4-17/h2-9,14,20H,10-13,15-16H2,1H3,(H,23,24). The lowest BCUT2D eigenvalue weighted by molar-refractivity contribution is 0.169. The first kappa shape index (κ1) is 20.4.